The van der Waals surface area contributed by atoms with Crippen LogP contribution in [0.2, 0.25) is 0 Å². The minimum atomic E-state index is 0.0911. The van der Waals surface area contributed by atoms with Crippen LogP contribution in [0.25, 0.3) is 0 Å². The Balaban J connectivity index is 1.67. The number of aromatic nitrogens is 2. The maximum Gasteiger partial charge on any atom is 0.233 e. The third-order valence-electron chi connectivity index (χ3n) is 4.10. The summed E-state index contributed by atoms with van der Waals surface area (Å²) in [6, 6.07) is 4.04. The Kier molecular flexibility index (Phi) is 3.24. The Morgan fingerprint density at radius 2 is 1.70 bits per heavy atom. The summed E-state index contributed by atoms with van der Waals surface area (Å²) >= 11 is 0. The molecule has 1 aliphatic heterocycles. The largest absolute Gasteiger partial charge is 0.473 e. The van der Waals surface area contributed by atoms with Gasteiger partial charge in [-0.1, -0.05) is 0 Å². The highest BCUT2D eigenvalue weighted by atomic mass is 16.5. The van der Waals surface area contributed by atoms with Crippen LogP contribution < -0.4 is 10.1 Å². The van der Waals surface area contributed by atoms with Gasteiger partial charge in [-0.25, -0.2) is 0 Å². The van der Waals surface area contributed by atoms with Crippen molar-refractivity contribution in [3.8, 4) is 5.88 Å². The Bertz CT molecular complexity index is 461. The highest BCUT2D eigenvalue weighted by molar-refractivity contribution is 5.18. The van der Waals surface area contributed by atoms with Crippen LogP contribution in [-0.4, -0.2) is 27.4 Å². The molecule has 0 atom stereocenters. The van der Waals surface area contributed by atoms with Crippen LogP contribution in [-0.2, 0) is 0 Å². The van der Waals surface area contributed by atoms with E-state index in [1.165, 1.54) is 12.8 Å². The summed E-state index contributed by atoms with van der Waals surface area (Å²) in [5.74, 6) is 1.31. The molecule has 3 rings (SSSR count). The summed E-state index contributed by atoms with van der Waals surface area (Å²) < 4.78 is 6.07. The molecule has 1 saturated carbocycles. The maximum atomic E-state index is 6.07. The topological polar surface area (TPSA) is 47.0 Å². The number of ether oxygens (including phenoxy) is 1. The average Bonchev–Trinajstić information content (AvgIpc) is 3.09. The van der Waals surface area contributed by atoms with E-state index >= 15 is 0 Å². The molecule has 0 spiro atoms. The molecule has 0 aromatic carbocycles. The average molecular weight is 275 g/mol. The lowest BCUT2D eigenvalue weighted by molar-refractivity contribution is 0.0523. The lowest BCUT2D eigenvalue weighted by atomic mass is 9.81. The summed E-state index contributed by atoms with van der Waals surface area (Å²) in [7, 11) is 0. The zero-order chi connectivity index (χ0) is 14.4. The van der Waals surface area contributed by atoms with E-state index in [9.17, 15) is 0 Å². The first kappa shape index (κ1) is 13.8. The van der Waals surface area contributed by atoms with Gasteiger partial charge in [-0.3, -0.25) is 0 Å². The predicted octanol–water partition coefficient (Wildman–Crippen LogP) is 3.04. The normalized spacial score (nSPS) is 25.4. The Hall–Kier alpha value is -1.16. The van der Waals surface area contributed by atoms with E-state index in [0.717, 1.165) is 18.5 Å². The molecule has 0 bridgehead atoms. The van der Waals surface area contributed by atoms with E-state index in [2.05, 4.69) is 49.3 Å². The molecule has 4 heteroatoms. The second-order valence-electron chi connectivity index (χ2n) is 7.61. The monoisotopic (exact) mass is 275 g/mol. The molecule has 0 unspecified atom stereocenters. The van der Waals surface area contributed by atoms with Gasteiger partial charge in [-0.05, 0) is 46.6 Å². The molecule has 0 radical (unpaired) electrons. The van der Waals surface area contributed by atoms with Gasteiger partial charge in [0.05, 0.1) is 5.69 Å². The number of hydrogen-bond donors (Lipinski definition) is 1. The minimum Gasteiger partial charge on any atom is -0.473 e. The molecule has 1 aromatic rings. The summed E-state index contributed by atoms with van der Waals surface area (Å²) in [5.41, 5.74) is 1.30. The SMILES string of the molecule is CC1(C)CC(Oc2ccc(C3CC3)nn2)CC(C)(C)N1. The lowest BCUT2D eigenvalue weighted by Crippen LogP contribution is -2.60. The highest BCUT2D eigenvalue weighted by Crippen LogP contribution is 2.39. The van der Waals surface area contributed by atoms with Crippen LogP contribution in [0.1, 0.15) is 65.0 Å². The maximum absolute atomic E-state index is 6.07. The molecular formula is C16H25N3O. The molecule has 20 heavy (non-hydrogen) atoms. The zero-order valence-electron chi connectivity index (χ0n) is 12.9. The van der Waals surface area contributed by atoms with Crippen LogP contribution in [0.4, 0.5) is 0 Å². The van der Waals surface area contributed by atoms with Crippen LogP contribution in [0.5, 0.6) is 5.88 Å². The van der Waals surface area contributed by atoms with Crippen LogP contribution in [0.15, 0.2) is 12.1 Å². The minimum absolute atomic E-state index is 0.0911. The van der Waals surface area contributed by atoms with Crippen LogP contribution in [0, 0.1) is 0 Å². The molecule has 2 heterocycles. The first-order chi connectivity index (χ1) is 9.33. The molecule has 1 N–H and O–H groups in total. The van der Waals surface area contributed by atoms with Gasteiger partial charge in [0.25, 0.3) is 0 Å². The number of nitrogens with zero attached hydrogens (tertiary/aromatic N) is 2. The number of rotatable bonds is 3. The lowest BCUT2D eigenvalue weighted by Gasteiger charge is -2.46. The number of nitrogens with one attached hydrogen (secondary N) is 1. The zero-order valence-corrected chi connectivity index (χ0v) is 12.9. The van der Waals surface area contributed by atoms with Crippen LogP contribution in [0.3, 0.4) is 0 Å². The van der Waals surface area contributed by atoms with Gasteiger partial charge >= 0.3 is 0 Å². The molecule has 2 aliphatic rings. The van der Waals surface area contributed by atoms with Gasteiger partial charge in [0.15, 0.2) is 0 Å². The Morgan fingerprint density at radius 1 is 1.05 bits per heavy atom. The van der Waals surface area contributed by atoms with E-state index in [4.69, 9.17) is 4.74 Å². The number of hydrogen-bond acceptors (Lipinski definition) is 4. The third kappa shape index (κ3) is 3.29. The molecule has 1 aliphatic carbocycles. The smallest absolute Gasteiger partial charge is 0.233 e. The fraction of sp³-hybridized carbons (Fsp3) is 0.750. The molecule has 0 amide bonds. The molecule has 1 saturated heterocycles. The van der Waals surface area contributed by atoms with Gasteiger partial charge in [0.1, 0.15) is 6.10 Å². The quantitative estimate of drug-likeness (QED) is 0.921. The van der Waals surface area contributed by atoms with E-state index in [-0.39, 0.29) is 17.2 Å². The molecule has 4 nitrogen and oxygen atoms in total. The predicted molar refractivity (Wildman–Crippen MR) is 79.0 cm³/mol. The van der Waals surface area contributed by atoms with Crippen molar-refractivity contribution in [2.45, 2.75) is 76.5 Å². The van der Waals surface area contributed by atoms with Gasteiger partial charge in [0.2, 0.25) is 5.88 Å². The fourth-order valence-corrected chi connectivity index (χ4v) is 3.47. The molecule has 1 aromatic heterocycles. The first-order valence-electron chi connectivity index (χ1n) is 7.63. The van der Waals surface area contributed by atoms with E-state index in [1.807, 2.05) is 6.07 Å². The molecular weight excluding hydrogens is 250 g/mol. The van der Waals surface area contributed by atoms with Crippen molar-refractivity contribution in [3.63, 3.8) is 0 Å². The second-order valence-corrected chi connectivity index (χ2v) is 7.61. The van der Waals surface area contributed by atoms with Crippen LogP contribution >= 0.6 is 0 Å². The summed E-state index contributed by atoms with van der Waals surface area (Å²) in [5, 5.41) is 12.2. The second kappa shape index (κ2) is 4.69. The fourth-order valence-electron chi connectivity index (χ4n) is 3.47. The standard InChI is InChI=1S/C16H25N3O/c1-15(2)9-12(10-16(3,4)19-15)20-14-8-7-13(17-18-14)11-5-6-11/h7-8,11-12,19H,5-6,9-10H2,1-4H3. The summed E-state index contributed by atoms with van der Waals surface area (Å²) in [6.45, 7) is 8.91. The van der Waals surface area contributed by atoms with E-state index in [0.29, 0.717) is 11.8 Å². The Labute approximate surface area is 121 Å². The van der Waals surface area contributed by atoms with Gasteiger partial charge in [0, 0.05) is 35.9 Å². The van der Waals surface area contributed by atoms with Crippen molar-refractivity contribution in [1.29, 1.82) is 0 Å². The van der Waals surface area contributed by atoms with Crippen molar-refractivity contribution < 1.29 is 4.74 Å². The van der Waals surface area contributed by atoms with Crippen molar-refractivity contribution in [3.05, 3.63) is 17.8 Å². The third-order valence-corrected chi connectivity index (χ3v) is 4.10. The van der Waals surface area contributed by atoms with Crippen molar-refractivity contribution in [2.75, 3.05) is 0 Å². The van der Waals surface area contributed by atoms with E-state index in [1.54, 1.807) is 0 Å². The summed E-state index contributed by atoms with van der Waals surface area (Å²) in [4.78, 5) is 0. The van der Waals surface area contributed by atoms with Gasteiger partial charge < -0.3 is 10.1 Å². The van der Waals surface area contributed by atoms with E-state index < -0.39 is 0 Å². The van der Waals surface area contributed by atoms with Gasteiger partial charge in [-0.15, -0.1) is 5.10 Å². The van der Waals surface area contributed by atoms with Gasteiger partial charge in [-0.2, -0.15) is 5.10 Å². The van der Waals surface area contributed by atoms with Crippen molar-refractivity contribution in [2.24, 2.45) is 0 Å². The number of piperidine rings is 1. The molecule has 110 valence electrons. The van der Waals surface area contributed by atoms with Crippen molar-refractivity contribution in [1.82, 2.24) is 15.5 Å². The first-order valence-corrected chi connectivity index (χ1v) is 7.63. The van der Waals surface area contributed by atoms with Crippen molar-refractivity contribution >= 4 is 0 Å². The molecule has 2 fully saturated rings. The summed E-state index contributed by atoms with van der Waals surface area (Å²) in [6.07, 6.45) is 4.68. The highest BCUT2D eigenvalue weighted by Gasteiger charge is 2.38. The Morgan fingerprint density at radius 3 is 2.20 bits per heavy atom.